The van der Waals surface area contributed by atoms with Crippen LogP contribution in [0.2, 0.25) is 0 Å². The average Bonchev–Trinajstić information content (AvgIpc) is 3.69. The van der Waals surface area contributed by atoms with Crippen LogP contribution >= 0.6 is 0 Å². The van der Waals surface area contributed by atoms with Crippen LogP contribution in [0.4, 0.5) is 0 Å². The second-order valence-electron chi connectivity index (χ2n) is 10.9. The third-order valence-corrected chi connectivity index (χ3v) is 8.28. The SMILES string of the molecule is Cc1ccc(C2c3cc(OCc4ccc(C(=O)N5CCOCC5)o4)ccc3CCN2C(=O)C2CCCC2)cc1. The number of furan rings is 1. The maximum atomic E-state index is 13.7. The van der Waals surface area contributed by atoms with Gasteiger partial charge in [0.1, 0.15) is 18.1 Å². The van der Waals surface area contributed by atoms with Gasteiger partial charge in [0.2, 0.25) is 5.91 Å². The van der Waals surface area contributed by atoms with Crippen molar-refractivity contribution >= 4 is 11.8 Å². The van der Waals surface area contributed by atoms with Gasteiger partial charge in [0.25, 0.3) is 5.91 Å². The van der Waals surface area contributed by atoms with E-state index in [4.69, 9.17) is 13.9 Å². The number of aryl methyl sites for hydroxylation is 1. The summed E-state index contributed by atoms with van der Waals surface area (Å²) in [5.41, 5.74) is 4.70. The van der Waals surface area contributed by atoms with E-state index in [0.29, 0.717) is 37.8 Å². The van der Waals surface area contributed by atoms with Crippen LogP contribution in [0.15, 0.2) is 59.0 Å². The van der Waals surface area contributed by atoms with E-state index in [-0.39, 0.29) is 30.4 Å². The third kappa shape index (κ3) is 5.46. The van der Waals surface area contributed by atoms with Crippen LogP contribution < -0.4 is 4.74 Å². The van der Waals surface area contributed by atoms with Crippen molar-refractivity contribution in [3.05, 3.63) is 88.4 Å². The summed E-state index contributed by atoms with van der Waals surface area (Å²) in [6.45, 7) is 5.27. The predicted octanol–water partition coefficient (Wildman–Crippen LogP) is 5.30. The molecule has 3 aliphatic rings. The Balaban J connectivity index is 1.22. The number of carbonyl (C=O) groups excluding carboxylic acids is 2. The standard InChI is InChI=1S/C32H36N2O5/c1-22-6-8-24(9-7-22)30-28-20-26(11-10-23(28)14-15-34(30)31(35)25-4-2-3-5-25)38-21-27-12-13-29(39-27)32(36)33-16-18-37-19-17-33/h6-13,20,25,30H,2-5,14-19,21H2,1H3. The number of rotatable bonds is 6. The number of amides is 2. The van der Waals surface area contributed by atoms with E-state index in [1.165, 1.54) is 11.1 Å². The molecule has 1 unspecified atom stereocenters. The number of benzene rings is 2. The van der Waals surface area contributed by atoms with Gasteiger partial charge in [0.15, 0.2) is 5.76 Å². The van der Waals surface area contributed by atoms with E-state index in [9.17, 15) is 9.59 Å². The Hall–Kier alpha value is -3.58. The smallest absolute Gasteiger partial charge is 0.289 e. The average molecular weight is 529 g/mol. The van der Waals surface area contributed by atoms with Gasteiger partial charge in [-0.25, -0.2) is 0 Å². The zero-order valence-corrected chi connectivity index (χ0v) is 22.6. The number of carbonyl (C=O) groups is 2. The quantitative estimate of drug-likeness (QED) is 0.434. The highest BCUT2D eigenvalue weighted by Crippen LogP contribution is 2.40. The summed E-state index contributed by atoms with van der Waals surface area (Å²) >= 11 is 0. The van der Waals surface area contributed by atoms with Crippen LogP contribution in [0.25, 0.3) is 0 Å². The normalized spacial score (nSPS) is 19.7. The number of hydrogen-bond donors (Lipinski definition) is 0. The number of hydrogen-bond acceptors (Lipinski definition) is 5. The van der Waals surface area contributed by atoms with E-state index in [2.05, 4.69) is 48.2 Å². The summed E-state index contributed by atoms with van der Waals surface area (Å²) < 4.78 is 17.3. The Morgan fingerprint density at radius 1 is 0.949 bits per heavy atom. The van der Waals surface area contributed by atoms with E-state index in [0.717, 1.165) is 55.5 Å². The van der Waals surface area contributed by atoms with Crippen LogP contribution in [0.5, 0.6) is 5.75 Å². The summed E-state index contributed by atoms with van der Waals surface area (Å²) in [7, 11) is 0. The number of nitrogens with zero attached hydrogens (tertiary/aromatic N) is 2. The van der Waals surface area contributed by atoms with Crippen LogP contribution in [0.3, 0.4) is 0 Å². The van der Waals surface area contributed by atoms with Crippen molar-refractivity contribution in [3.63, 3.8) is 0 Å². The first-order chi connectivity index (χ1) is 19.1. The molecule has 1 atom stereocenters. The Kier molecular flexibility index (Phi) is 7.42. The molecule has 1 aromatic heterocycles. The Morgan fingerprint density at radius 2 is 1.72 bits per heavy atom. The van der Waals surface area contributed by atoms with Crippen molar-refractivity contribution in [2.75, 3.05) is 32.8 Å². The van der Waals surface area contributed by atoms with Crippen molar-refractivity contribution in [2.45, 2.75) is 51.7 Å². The predicted molar refractivity (Wildman–Crippen MR) is 147 cm³/mol. The lowest BCUT2D eigenvalue weighted by Gasteiger charge is -2.39. The van der Waals surface area contributed by atoms with Crippen LogP contribution in [0, 0.1) is 12.8 Å². The van der Waals surface area contributed by atoms with Gasteiger partial charge < -0.3 is 23.7 Å². The highest BCUT2D eigenvalue weighted by molar-refractivity contribution is 5.91. The van der Waals surface area contributed by atoms with Crippen molar-refractivity contribution < 1.29 is 23.5 Å². The molecule has 3 aromatic rings. The van der Waals surface area contributed by atoms with Crippen LogP contribution in [0.1, 0.15) is 70.3 Å². The van der Waals surface area contributed by atoms with Crippen LogP contribution in [-0.2, 0) is 22.6 Å². The first-order valence-electron chi connectivity index (χ1n) is 14.2. The second kappa shape index (κ2) is 11.3. The van der Waals surface area contributed by atoms with Gasteiger partial charge in [-0.1, -0.05) is 48.7 Å². The number of morpholine rings is 1. The van der Waals surface area contributed by atoms with Gasteiger partial charge >= 0.3 is 0 Å². The number of fused-ring (bicyclic) bond motifs is 1. The van der Waals surface area contributed by atoms with Gasteiger partial charge in [0, 0.05) is 25.6 Å². The molecular weight excluding hydrogens is 492 g/mol. The first-order valence-corrected chi connectivity index (χ1v) is 14.2. The summed E-state index contributed by atoms with van der Waals surface area (Å²) in [5.74, 6) is 1.93. The fourth-order valence-corrected chi connectivity index (χ4v) is 6.08. The molecule has 1 aliphatic carbocycles. The molecule has 0 bridgehead atoms. The molecule has 2 aromatic carbocycles. The molecular formula is C32H36N2O5. The summed E-state index contributed by atoms with van der Waals surface area (Å²) in [6.07, 6.45) is 5.10. The molecule has 2 fully saturated rings. The molecule has 7 heteroatoms. The van der Waals surface area contributed by atoms with Gasteiger partial charge in [-0.15, -0.1) is 0 Å². The zero-order valence-electron chi connectivity index (χ0n) is 22.6. The fourth-order valence-electron chi connectivity index (χ4n) is 6.08. The van der Waals surface area contributed by atoms with E-state index >= 15 is 0 Å². The Morgan fingerprint density at radius 3 is 2.49 bits per heavy atom. The van der Waals surface area contributed by atoms with E-state index in [1.807, 2.05) is 6.07 Å². The minimum Gasteiger partial charge on any atom is -0.486 e. The minimum absolute atomic E-state index is 0.119. The molecule has 2 amide bonds. The van der Waals surface area contributed by atoms with Gasteiger partial charge in [-0.3, -0.25) is 9.59 Å². The van der Waals surface area contributed by atoms with Gasteiger partial charge in [-0.05, 0) is 67.1 Å². The highest BCUT2D eigenvalue weighted by Gasteiger charge is 2.36. The fraction of sp³-hybridized carbons (Fsp3) is 0.438. The molecule has 3 heterocycles. The minimum atomic E-state index is -0.132. The molecule has 0 radical (unpaired) electrons. The molecule has 0 N–H and O–H groups in total. The molecule has 2 aliphatic heterocycles. The lowest BCUT2D eigenvalue weighted by molar-refractivity contribution is -0.137. The third-order valence-electron chi connectivity index (χ3n) is 8.28. The lowest BCUT2D eigenvalue weighted by atomic mass is 9.86. The second-order valence-corrected chi connectivity index (χ2v) is 10.9. The van der Waals surface area contributed by atoms with E-state index in [1.54, 1.807) is 17.0 Å². The van der Waals surface area contributed by atoms with Gasteiger partial charge in [-0.2, -0.15) is 0 Å². The van der Waals surface area contributed by atoms with Gasteiger partial charge in [0.05, 0.1) is 19.3 Å². The summed E-state index contributed by atoms with van der Waals surface area (Å²) in [4.78, 5) is 30.2. The maximum absolute atomic E-state index is 13.7. The van der Waals surface area contributed by atoms with Crippen molar-refractivity contribution in [1.29, 1.82) is 0 Å². The Labute approximate surface area is 229 Å². The topological polar surface area (TPSA) is 72.2 Å². The largest absolute Gasteiger partial charge is 0.486 e. The first kappa shape index (κ1) is 25.7. The Bertz CT molecular complexity index is 1320. The van der Waals surface area contributed by atoms with E-state index < -0.39 is 0 Å². The highest BCUT2D eigenvalue weighted by atomic mass is 16.5. The molecule has 1 saturated carbocycles. The molecule has 7 nitrogen and oxygen atoms in total. The molecule has 204 valence electrons. The molecule has 1 saturated heterocycles. The summed E-state index contributed by atoms with van der Waals surface area (Å²) in [6, 6.07) is 18.1. The maximum Gasteiger partial charge on any atom is 0.289 e. The molecule has 0 spiro atoms. The van der Waals surface area contributed by atoms with Crippen molar-refractivity contribution in [3.8, 4) is 5.75 Å². The monoisotopic (exact) mass is 528 g/mol. The molecule has 6 rings (SSSR count). The van der Waals surface area contributed by atoms with Crippen molar-refractivity contribution in [1.82, 2.24) is 9.80 Å². The number of ether oxygens (including phenoxy) is 2. The molecule has 39 heavy (non-hydrogen) atoms. The summed E-state index contributed by atoms with van der Waals surface area (Å²) in [5, 5.41) is 0. The van der Waals surface area contributed by atoms with Crippen LogP contribution in [-0.4, -0.2) is 54.5 Å². The lowest BCUT2D eigenvalue weighted by Crippen LogP contribution is -2.43. The zero-order chi connectivity index (χ0) is 26.8. The van der Waals surface area contributed by atoms with Crippen molar-refractivity contribution in [2.24, 2.45) is 5.92 Å².